The van der Waals surface area contributed by atoms with Gasteiger partial charge in [0.15, 0.2) is 0 Å². The molecule has 3 aromatic rings. The van der Waals surface area contributed by atoms with Crippen molar-refractivity contribution >= 4 is 16.6 Å². The van der Waals surface area contributed by atoms with Crippen molar-refractivity contribution in [2.24, 2.45) is 5.92 Å². The maximum Gasteiger partial charge on any atom is 0.0943 e. The van der Waals surface area contributed by atoms with Crippen LogP contribution in [0.5, 0.6) is 0 Å². The van der Waals surface area contributed by atoms with Crippen LogP contribution in [-0.4, -0.2) is 11.0 Å². The highest BCUT2D eigenvalue weighted by molar-refractivity contribution is 5.94. The average molecular weight is 302 g/mol. The Kier molecular flexibility index (Phi) is 3.53. The quantitative estimate of drug-likeness (QED) is 0.696. The average Bonchev–Trinajstić information content (AvgIpc) is 2.61. The van der Waals surface area contributed by atoms with E-state index in [1.807, 2.05) is 6.07 Å². The summed E-state index contributed by atoms with van der Waals surface area (Å²) >= 11 is 0. The van der Waals surface area contributed by atoms with Crippen molar-refractivity contribution in [2.75, 3.05) is 5.32 Å². The summed E-state index contributed by atoms with van der Waals surface area (Å²) in [6.07, 6.45) is 2.34. The molecule has 0 aliphatic carbocycles. The number of aryl methyl sites for hydroxylation is 1. The molecule has 0 bridgehead atoms. The molecule has 0 saturated carbocycles. The van der Waals surface area contributed by atoms with Crippen LogP contribution < -0.4 is 5.32 Å². The lowest BCUT2D eigenvalue weighted by atomic mass is 9.90. The zero-order chi connectivity index (χ0) is 15.8. The molecule has 23 heavy (non-hydrogen) atoms. The molecular formula is C21H22N2. The van der Waals surface area contributed by atoms with Gasteiger partial charge in [0, 0.05) is 17.0 Å². The van der Waals surface area contributed by atoms with Gasteiger partial charge < -0.3 is 5.32 Å². The molecule has 1 atom stereocenters. The third kappa shape index (κ3) is 2.59. The Hall–Kier alpha value is -2.35. The van der Waals surface area contributed by atoms with Crippen molar-refractivity contribution in [3.8, 4) is 11.3 Å². The van der Waals surface area contributed by atoms with Crippen LogP contribution in [0.4, 0.5) is 5.69 Å². The zero-order valence-electron chi connectivity index (χ0n) is 13.7. The molecular weight excluding hydrogens is 280 g/mol. The van der Waals surface area contributed by atoms with Crippen molar-refractivity contribution in [3.63, 3.8) is 0 Å². The molecule has 2 aromatic carbocycles. The number of rotatable bonds is 2. The molecule has 4 rings (SSSR count). The molecule has 1 unspecified atom stereocenters. The predicted molar refractivity (Wildman–Crippen MR) is 97.7 cm³/mol. The molecule has 1 N–H and O–H groups in total. The van der Waals surface area contributed by atoms with E-state index in [2.05, 4.69) is 67.7 Å². The normalized spacial score (nSPS) is 17.1. The van der Waals surface area contributed by atoms with Gasteiger partial charge in [-0.3, -0.25) is 0 Å². The Balaban J connectivity index is 1.86. The molecule has 1 aromatic heterocycles. The van der Waals surface area contributed by atoms with E-state index < -0.39 is 0 Å². The lowest BCUT2D eigenvalue weighted by Gasteiger charge is -2.30. The first-order chi connectivity index (χ1) is 11.2. The molecule has 0 fully saturated rings. The van der Waals surface area contributed by atoms with Crippen molar-refractivity contribution in [2.45, 2.75) is 32.7 Å². The molecule has 0 spiro atoms. The highest BCUT2D eigenvalue weighted by Crippen LogP contribution is 2.34. The number of hydrogen-bond acceptors (Lipinski definition) is 2. The number of nitrogens with one attached hydrogen (secondary N) is 1. The molecule has 2 nitrogen and oxygen atoms in total. The van der Waals surface area contributed by atoms with Gasteiger partial charge in [0.2, 0.25) is 0 Å². The number of benzene rings is 2. The van der Waals surface area contributed by atoms with Gasteiger partial charge in [-0.15, -0.1) is 0 Å². The van der Waals surface area contributed by atoms with Crippen LogP contribution in [0.1, 0.15) is 25.8 Å². The first-order valence-corrected chi connectivity index (χ1v) is 8.47. The fourth-order valence-corrected chi connectivity index (χ4v) is 3.44. The van der Waals surface area contributed by atoms with E-state index in [1.54, 1.807) is 0 Å². The highest BCUT2D eigenvalue weighted by atomic mass is 15.0. The SMILES string of the molecule is CC(C)C1CCc2ccc3ccc(-c4ccccc4)nc3c2N1. The Morgan fingerprint density at radius 3 is 2.57 bits per heavy atom. The number of pyridine rings is 1. The van der Waals surface area contributed by atoms with E-state index in [0.29, 0.717) is 12.0 Å². The van der Waals surface area contributed by atoms with E-state index in [-0.39, 0.29) is 0 Å². The number of fused-ring (bicyclic) bond motifs is 3. The minimum atomic E-state index is 0.537. The Labute approximate surface area is 137 Å². The molecule has 2 heterocycles. The van der Waals surface area contributed by atoms with Crippen LogP contribution in [0.25, 0.3) is 22.2 Å². The molecule has 0 saturated heterocycles. The Bertz CT molecular complexity index is 837. The van der Waals surface area contributed by atoms with Crippen LogP contribution in [0.15, 0.2) is 54.6 Å². The van der Waals surface area contributed by atoms with Gasteiger partial charge in [0.05, 0.1) is 16.9 Å². The van der Waals surface area contributed by atoms with Crippen molar-refractivity contribution in [3.05, 3.63) is 60.2 Å². The number of hydrogen-bond donors (Lipinski definition) is 1. The molecule has 0 radical (unpaired) electrons. The second-order valence-corrected chi connectivity index (χ2v) is 6.77. The molecule has 116 valence electrons. The second-order valence-electron chi connectivity index (χ2n) is 6.77. The Morgan fingerprint density at radius 2 is 1.78 bits per heavy atom. The maximum atomic E-state index is 4.99. The smallest absolute Gasteiger partial charge is 0.0943 e. The minimum absolute atomic E-state index is 0.537. The standard InChI is InChI=1S/C21H22N2/c1-14(2)18-12-10-16-8-9-17-11-13-19(15-6-4-3-5-7-15)23-21(17)20(16)22-18/h3-9,11,13-14,18,22H,10,12H2,1-2H3. The van der Waals surface area contributed by atoms with E-state index in [0.717, 1.165) is 17.6 Å². The van der Waals surface area contributed by atoms with Gasteiger partial charge in [-0.05, 0) is 30.4 Å². The molecule has 0 amide bonds. The second kappa shape index (κ2) is 5.69. The van der Waals surface area contributed by atoms with Crippen molar-refractivity contribution < 1.29 is 0 Å². The number of nitrogens with zero attached hydrogens (tertiary/aromatic N) is 1. The van der Waals surface area contributed by atoms with Gasteiger partial charge in [0.1, 0.15) is 0 Å². The lowest BCUT2D eigenvalue weighted by Crippen LogP contribution is -2.30. The fourth-order valence-electron chi connectivity index (χ4n) is 3.44. The third-order valence-electron chi connectivity index (χ3n) is 4.88. The number of aromatic nitrogens is 1. The zero-order valence-corrected chi connectivity index (χ0v) is 13.7. The summed E-state index contributed by atoms with van der Waals surface area (Å²) < 4.78 is 0. The number of anilines is 1. The Morgan fingerprint density at radius 1 is 1.00 bits per heavy atom. The van der Waals surface area contributed by atoms with Crippen LogP contribution in [-0.2, 0) is 6.42 Å². The fraction of sp³-hybridized carbons (Fsp3) is 0.286. The summed E-state index contributed by atoms with van der Waals surface area (Å²) in [6, 6.07) is 19.7. The predicted octanol–water partition coefficient (Wildman–Crippen LogP) is 5.28. The maximum absolute atomic E-state index is 4.99. The van der Waals surface area contributed by atoms with E-state index in [9.17, 15) is 0 Å². The first kappa shape index (κ1) is 14.3. The van der Waals surface area contributed by atoms with Crippen LogP contribution in [0, 0.1) is 5.92 Å². The summed E-state index contributed by atoms with van der Waals surface area (Å²) in [5.74, 6) is 0.635. The van der Waals surface area contributed by atoms with Crippen LogP contribution in [0.3, 0.4) is 0 Å². The van der Waals surface area contributed by atoms with Gasteiger partial charge in [-0.2, -0.15) is 0 Å². The van der Waals surface area contributed by atoms with E-state index >= 15 is 0 Å². The van der Waals surface area contributed by atoms with Gasteiger partial charge in [-0.1, -0.05) is 62.4 Å². The van der Waals surface area contributed by atoms with Crippen molar-refractivity contribution in [1.82, 2.24) is 4.98 Å². The molecule has 2 heteroatoms. The topological polar surface area (TPSA) is 24.9 Å². The van der Waals surface area contributed by atoms with Gasteiger partial charge in [-0.25, -0.2) is 4.98 Å². The van der Waals surface area contributed by atoms with Gasteiger partial charge >= 0.3 is 0 Å². The van der Waals surface area contributed by atoms with Crippen LogP contribution in [0.2, 0.25) is 0 Å². The minimum Gasteiger partial charge on any atom is -0.380 e. The largest absolute Gasteiger partial charge is 0.380 e. The van der Waals surface area contributed by atoms with E-state index in [1.165, 1.54) is 28.6 Å². The summed E-state index contributed by atoms with van der Waals surface area (Å²) in [7, 11) is 0. The molecule has 1 aliphatic rings. The monoisotopic (exact) mass is 302 g/mol. The first-order valence-electron chi connectivity index (χ1n) is 8.47. The van der Waals surface area contributed by atoms with Gasteiger partial charge in [0.25, 0.3) is 0 Å². The summed E-state index contributed by atoms with van der Waals surface area (Å²) in [6.45, 7) is 4.58. The summed E-state index contributed by atoms with van der Waals surface area (Å²) in [5, 5.41) is 4.96. The lowest BCUT2D eigenvalue weighted by molar-refractivity contribution is 0.483. The van der Waals surface area contributed by atoms with Crippen LogP contribution >= 0.6 is 0 Å². The van der Waals surface area contributed by atoms with Crippen molar-refractivity contribution in [1.29, 1.82) is 0 Å². The summed E-state index contributed by atoms with van der Waals surface area (Å²) in [4.78, 5) is 4.99. The molecule has 1 aliphatic heterocycles. The summed E-state index contributed by atoms with van der Waals surface area (Å²) in [5.41, 5.74) is 5.95. The van der Waals surface area contributed by atoms with E-state index in [4.69, 9.17) is 4.98 Å². The third-order valence-corrected chi connectivity index (χ3v) is 4.88. The highest BCUT2D eigenvalue weighted by Gasteiger charge is 2.22.